The number of hydrogen-bond donors (Lipinski definition) is 1. The largest absolute Gasteiger partial charge is 0.493 e. The smallest absolute Gasteiger partial charge is 0.166 e. The minimum atomic E-state index is -0.441. The second-order valence-electron chi connectivity index (χ2n) is 8.33. The second kappa shape index (κ2) is 6.64. The molecule has 4 nitrogen and oxygen atoms in total. The highest BCUT2D eigenvalue weighted by Gasteiger charge is 2.53. The van der Waals surface area contributed by atoms with Crippen molar-refractivity contribution < 1.29 is 14.6 Å². The predicted octanol–water partition coefficient (Wildman–Crippen LogP) is 3.73. The Kier molecular flexibility index (Phi) is 4.22. The number of methoxy groups -OCH3 is 1. The minimum Gasteiger partial charge on any atom is -0.493 e. The Bertz CT molecular complexity index is 923. The van der Waals surface area contributed by atoms with Crippen molar-refractivity contribution >= 4 is 0 Å². The maximum absolute atomic E-state index is 10.2. The Balaban J connectivity index is 1.61. The summed E-state index contributed by atoms with van der Waals surface area (Å²) in [6.07, 6.45) is 5.32. The van der Waals surface area contributed by atoms with E-state index in [1.54, 1.807) is 7.11 Å². The molecule has 1 N–H and O–H groups in total. The maximum atomic E-state index is 10.2. The number of aliphatic hydroxyl groups excluding tert-OH is 1. The van der Waals surface area contributed by atoms with Gasteiger partial charge in [-0.05, 0) is 36.1 Å². The lowest BCUT2D eigenvalue weighted by Gasteiger charge is -2.36. The number of nitrogens with zero attached hydrogens (tertiary/aromatic N) is 1. The van der Waals surface area contributed by atoms with Crippen molar-refractivity contribution in [3.05, 3.63) is 70.8 Å². The molecule has 0 bridgehead atoms. The van der Waals surface area contributed by atoms with Gasteiger partial charge in [-0.15, -0.1) is 0 Å². The lowest BCUT2D eigenvalue weighted by molar-refractivity contribution is 0.0806. The predicted molar refractivity (Wildman–Crippen MR) is 109 cm³/mol. The van der Waals surface area contributed by atoms with Gasteiger partial charge >= 0.3 is 0 Å². The molecule has 5 rings (SSSR count). The topological polar surface area (TPSA) is 41.9 Å². The van der Waals surface area contributed by atoms with Crippen LogP contribution in [0.5, 0.6) is 11.5 Å². The first-order valence-corrected chi connectivity index (χ1v) is 10.1. The lowest BCUT2D eigenvalue weighted by Crippen LogP contribution is -2.43. The highest BCUT2D eigenvalue weighted by Crippen LogP contribution is 2.56. The van der Waals surface area contributed by atoms with Crippen LogP contribution in [0.4, 0.5) is 0 Å². The third-order valence-electron chi connectivity index (χ3n) is 6.64. The minimum absolute atomic E-state index is 0.0337. The number of benzene rings is 2. The summed E-state index contributed by atoms with van der Waals surface area (Å²) < 4.78 is 12.1. The molecule has 28 heavy (non-hydrogen) atoms. The normalized spacial score (nSPS) is 28.2. The summed E-state index contributed by atoms with van der Waals surface area (Å²) in [4.78, 5) is 2.54. The van der Waals surface area contributed by atoms with E-state index in [9.17, 15) is 5.11 Å². The van der Waals surface area contributed by atoms with E-state index in [4.69, 9.17) is 9.47 Å². The van der Waals surface area contributed by atoms with E-state index in [-0.39, 0.29) is 11.5 Å². The van der Waals surface area contributed by atoms with E-state index in [1.807, 2.05) is 6.08 Å². The molecule has 0 saturated heterocycles. The van der Waals surface area contributed by atoms with Crippen LogP contribution < -0.4 is 9.47 Å². The van der Waals surface area contributed by atoms with Crippen molar-refractivity contribution in [3.8, 4) is 11.5 Å². The fourth-order valence-electron chi connectivity index (χ4n) is 5.20. The zero-order chi connectivity index (χ0) is 19.3. The van der Waals surface area contributed by atoms with Crippen molar-refractivity contribution in [2.24, 2.45) is 0 Å². The lowest BCUT2D eigenvalue weighted by atomic mass is 9.68. The van der Waals surface area contributed by atoms with Crippen molar-refractivity contribution in [1.29, 1.82) is 0 Å². The van der Waals surface area contributed by atoms with E-state index in [0.29, 0.717) is 6.42 Å². The Morgan fingerprint density at radius 3 is 2.89 bits per heavy atom. The van der Waals surface area contributed by atoms with Crippen LogP contribution in [-0.4, -0.2) is 35.9 Å². The monoisotopic (exact) mass is 377 g/mol. The van der Waals surface area contributed by atoms with E-state index in [1.165, 1.54) is 22.3 Å². The van der Waals surface area contributed by atoms with Crippen molar-refractivity contribution in [1.82, 2.24) is 4.90 Å². The number of ether oxygens (including phenoxy) is 2. The average molecular weight is 377 g/mol. The van der Waals surface area contributed by atoms with Gasteiger partial charge in [0.25, 0.3) is 0 Å². The standard InChI is InChI=1S/C24H27NO3/c1-16-12-20(27-2)23-22-19(16)15-25(14-17-6-4-3-5-7-17)11-10-24(22)9-8-18(26)13-21(24)28-23/h3-9,12,18,21,26H,10-11,13-15H2,1-2H3. The number of rotatable bonds is 3. The quantitative estimate of drug-likeness (QED) is 0.828. The summed E-state index contributed by atoms with van der Waals surface area (Å²) in [6.45, 7) is 5.01. The van der Waals surface area contributed by atoms with Crippen molar-refractivity contribution in [2.45, 2.75) is 50.5 Å². The van der Waals surface area contributed by atoms with Gasteiger partial charge in [0.15, 0.2) is 11.5 Å². The van der Waals surface area contributed by atoms with Gasteiger partial charge in [-0.2, -0.15) is 0 Å². The Hall–Kier alpha value is -2.30. The first-order chi connectivity index (χ1) is 13.6. The molecule has 4 heteroatoms. The fourth-order valence-corrected chi connectivity index (χ4v) is 5.20. The highest BCUT2D eigenvalue weighted by atomic mass is 16.5. The van der Waals surface area contributed by atoms with Gasteiger partial charge in [-0.3, -0.25) is 4.90 Å². The molecule has 0 amide bonds. The molecule has 0 saturated carbocycles. The first-order valence-electron chi connectivity index (χ1n) is 10.1. The summed E-state index contributed by atoms with van der Waals surface area (Å²) in [5.74, 6) is 1.69. The van der Waals surface area contributed by atoms with E-state index in [2.05, 4.69) is 54.3 Å². The Morgan fingerprint density at radius 1 is 1.29 bits per heavy atom. The molecule has 3 atom stereocenters. The summed E-state index contributed by atoms with van der Waals surface area (Å²) in [5.41, 5.74) is 5.06. The molecule has 0 aromatic heterocycles. The Morgan fingerprint density at radius 2 is 2.11 bits per heavy atom. The van der Waals surface area contributed by atoms with E-state index < -0.39 is 6.10 Å². The van der Waals surface area contributed by atoms with Gasteiger partial charge in [0, 0.05) is 31.6 Å². The average Bonchev–Trinajstić information content (AvgIpc) is 2.93. The summed E-state index contributed by atoms with van der Waals surface area (Å²) >= 11 is 0. The fraction of sp³-hybridized carbons (Fsp3) is 0.417. The zero-order valence-corrected chi connectivity index (χ0v) is 16.5. The molecule has 0 fully saturated rings. The maximum Gasteiger partial charge on any atom is 0.166 e. The molecule has 3 aliphatic rings. The Labute approximate surface area is 166 Å². The molecule has 2 aromatic carbocycles. The molecule has 2 heterocycles. The number of aryl methyl sites for hydroxylation is 1. The van der Waals surface area contributed by atoms with Gasteiger partial charge in [-0.25, -0.2) is 0 Å². The molecule has 2 aliphatic heterocycles. The molecular weight excluding hydrogens is 350 g/mol. The molecule has 146 valence electrons. The molecule has 2 aromatic rings. The summed E-state index contributed by atoms with van der Waals surface area (Å²) in [7, 11) is 1.71. The van der Waals surface area contributed by atoms with Crippen LogP contribution in [0.15, 0.2) is 48.6 Å². The van der Waals surface area contributed by atoms with Crippen LogP contribution in [0.3, 0.4) is 0 Å². The van der Waals surface area contributed by atoms with Gasteiger partial charge in [-0.1, -0.05) is 42.5 Å². The molecule has 1 aliphatic carbocycles. The van der Waals surface area contributed by atoms with Gasteiger partial charge in [0.1, 0.15) is 6.10 Å². The second-order valence-corrected chi connectivity index (χ2v) is 8.33. The van der Waals surface area contributed by atoms with Crippen LogP contribution in [0, 0.1) is 6.92 Å². The van der Waals surface area contributed by atoms with Crippen LogP contribution >= 0.6 is 0 Å². The SMILES string of the molecule is COc1cc(C)c2c3c1OC1CC(O)C=CC31CCN(Cc1ccccc1)C2. The first kappa shape index (κ1) is 17.8. The van der Waals surface area contributed by atoms with Gasteiger partial charge < -0.3 is 14.6 Å². The van der Waals surface area contributed by atoms with Crippen molar-refractivity contribution in [3.63, 3.8) is 0 Å². The van der Waals surface area contributed by atoms with Crippen LogP contribution in [-0.2, 0) is 18.5 Å². The molecule has 0 radical (unpaired) electrons. The van der Waals surface area contributed by atoms with E-state index >= 15 is 0 Å². The zero-order valence-electron chi connectivity index (χ0n) is 16.5. The summed E-state index contributed by atoms with van der Waals surface area (Å²) in [5, 5.41) is 10.2. The molecule has 3 unspecified atom stereocenters. The van der Waals surface area contributed by atoms with Crippen LogP contribution in [0.2, 0.25) is 0 Å². The number of aliphatic hydroxyl groups is 1. The van der Waals surface area contributed by atoms with Crippen LogP contribution in [0.1, 0.15) is 35.1 Å². The molecule has 1 spiro atoms. The highest BCUT2D eigenvalue weighted by molar-refractivity contribution is 5.63. The summed E-state index contributed by atoms with van der Waals surface area (Å²) in [6, 6.07) is 12.8. The van der Waals surface area contributed by atoms with Crippen molar-refractivity contribution in [2.75, 3.05) is 13.7 Å². The van der Waals surface area contributed by atoms with Crippen LogP contribution in [0.25, 0.3) is 0 Å². The van der Waals surface area contributed by atoms with Gasteiger partial charge in [0.05, 0.1) is 18.6 Å². The number of hydrogen-bond acceptors (Lipinski definition) is 4. The van der Waals surface area contributed by atoms with E-state index in [0.717, 1.165) is 37.6 Å². The molecular formula is C24H27NO3. The van der Waals surface area contributed by atoms with Gasteiger partial charge in [0.2, 0.25) is 0 Å². The third-order valence-corrected chi connectivity index (χ3v) is 6.64. The third kappa shape index (κ3) is 2.66.